The Bertz CT molecular complexity index is 1030. The standard InChI is InChI=1S/C21H24O7/c1-12(22)25-15-10-14(9-13-7-8-16(23)26-17(13)15)20-21(28-27-20,18(2,3)4)19(5,6)11-24-20/h7-10H,11H2,1-6H3. The zero-order chi connectivity index (χ0) is 20.5. The lowest BCUT2D eigenvalue weighted by atomic mass is 9.57. The van der Waals surface area contributed by atoms with Gasteiger partial charge in [0, 0.05) is 34.8 Å². The van der Waals surface area contributed by atoms with Crippen LogP contribution in [0.1, 0.15) is 47.1 Å². The van der Waals surface area contributed by atoms with Crippen LogP contribution in [0.2, 0.25) is 0 Å². The molecule has 7 heteroatoms. The summed E-state index contributed by atoms with van der Waals surface area (Å²) in [5, 5.41) is 0.592. The topological polar surface area (TPSA) is 84.2 Å². The van der Waals surface area contributed by atoms with Crippen molar-refractivity contribution in [1.82, 2.24) is 0 Å². The van der Waals surface area contributed by atoms with Gasteiger partial charge in [-0.1, -0.05) is 34.6 Å². The summed E-state index contributed by atoms with van der Waals surface area (Å²) in [5.74, 6) is -1.56. The first-order valence-corrected chi connectivity index (χ1v) is 9.21. The fourth-order valence-corrected chi connectivity index (χ4v) is 4.81. The lowest BCUT2D eigenvalue weighted by Gasteiger charge is -2.61. The van der Waals surface area contributed by atoms with Gasteiger partial charge < -0.3 is 13.9 Å². The molecule has 2 aromatic rings. The number of carbonyl (C=O) groups is 1. The van der Waals surface area contributed by atoms with E-state index < -0.39 is 23.0 Å². The fourth-order valence-electron chi connectivity index (χ4n) is 4.81. The minimum atomic E-state index is -1.17. The van der Waals surface area contributed by atoms with E-state index in [1.165, 1.54) is 13.0 Å². The average molecular weight is 388 g/mol. The molecule has 0 radical (unpaired) electrons. The van der Waals surface area contributed by atoms with Crippen LogP contribution in [-0.4, -0.2) is 18.2 Å². The minimum absolute atomic E-state index is 0.138. The Morgan fingerprint density at radius 1 is 1.14 bits per heavy atom. The Labute approximate surface area is 162 Å². The van der Waals surface area contributed by atoms with E-state index in [-0.39, 0.29) is 22.2 Å². The summed E-state index contributed by atoms with van der Waals surface area (Å²) in [4.78, 5) is 34.8. The van der Waals surface area contributed by atoms with Gasteiger partial charge in [0.2, 0.25) is 0 Å². The van der Waals surface area contributed by atoms with Crippen molar-refractivity contribution in [3.63, 3.8) is 0 Å². The summed E-state index contributed by atoms with van der Waals surface area (Å²) in [7, 11) is 0. The van der Waals surface area contributed by atoms with Gasteiger partial charge in [-0.25, -0.2) is 9.68 Å². The van der Waals surface area contributed by atoms with Crippen LogP contribution < -0.4 is 10.4 Å². The maximum Gasteiger partial charge on any atom is 0.336 e. The lowest BCUT2D eigenvalue weighted by Crippen LogP contribution is -2.73. The second-order valence-corrected chi connectivity index (χ2v) is 9.13. The lowest BCUT2D eigenvalue weighted by molar-refractivity contribution is -0.626. The normalized spacial score (nSPS) is 28.6. The van der Waals surface area contributed by atoms with E-state index in [1.807, 2.05) is 6.07 Å². The van der Waals surface area contributed by atoms with Crippen molar-refractivity contribution in [2.24, 2.45) is 10.8 Å². The molecule has 28 heavy (non-hydrogen) atoms. The van der Waals surface area contributed by atoms with Crippen molar-refractivity contribution in [3.8, 4) is 5.75 Å². The number of rotatable bonds is 2. The highest BCUT2D eigenvalue weighted by atomic mass is 17.3. The van der Waals surface area contributed by atoms with Crippen LogP contribution >= 0.6 is 0 Å². The van der Waals surface area contributed by atoms with Gasteiger partial charge in [0.25, 0.3) is 5.79 Å². The first-order valence-electron chi connectivity index (χ1n) is 9.21. The third-order valence-electron chi connectivity index (χ3n) is 5.71. The maximum absolute atomic E-state index is 11.7. The molecule has 150 valence electrons. The molecule has 2 aliphatic rings. The van der Waals surface area contributed by atoms with Crippen LogP contribution in [0, 0.1) is 10.8 Å². The monoisotopic (exact) mass is 388 g/mol. The average Bonchev–Trinajstić information content (AvgIpc) is 2.69. The predicted octanol–water partition coefficient (Wildman–Crippen LogP) is 3.67. The molecule has 0 spiro atoms. The molecule has 2 atom stereocenters. The van der Waals surface area contributed by atoms with Crippen molar-refractivity contribution in [2.45, 2.75) is 52.9 Å². The molecular formula is C21H24O7. The first kappa shape index (κ1) is 19.1. The molecule has 4 rings (SSSR count). The van der Waals surface area contributed by atoms with Gasteiger partial charge >= 0.3 is 11.6 Å². The third-order valence-corrected chi connectivity index (χ3v) is 5.71. The van der Waals surface area contributed by atoms with Crippen LogP contribution in [0.3, 0.4) is 0 Å². The zero-order valence-electron chi connectivity index (χ0n) is 16.9. The number of carbonyl (C=O) groups excluding carboxylic acids is 1. The van der Waals surface area contributed by atoms with Gasteiger partial charge in [-0.15, -0.1) is 0 Å². The highest BCUT2D eigenvalue weighted by molar-refractivity contribution is 5.86. The van der Waals surface area contributed by atoms with Crippen LogP contribution in [0.25, 0.3) is 11.0 Å². The summed E-state index contributed by atoms with van der Waals surface area (Å²) in [5.41, 5.74) is -1.14. The van der Waals surface area contributed by atoms with Gasteiger partial charge in [-0.2, -0.15) is 4.89 Å². The quantitative estimate of drug-likeness (QED) is 0.336. The minimum Gasteiger partial charge on any atom is -0.423 e. The van der Waals surface area contributed by atoms with Crippen molar-refractivity contribution < 1.29 is 28.5 Å². The molecule has 0 saturated carbocycles. The Kier molecular flexibility index (Phi) is 3.86. The zero-order valence-corrected chi connectivity index (χ0v) is 16.9. The summed E-state index contributed by atoms with van der Waals surface area (Å²) in [6, 6.07) is 6.37. The van der Waals surface area contributed by atoms with E-state index in [2.05, 4.69) is 34.6 Å². The van der Waals surface area contributed by atoms with Crippen LogP contribution in [0.15, 0.2) is 33.5 Å². The largest absolute Gasteiger partial charge is 0.423 e. The molecule has 0 aliphatic carbocycles. The molecule has 3 heterocycles. The van der Waals surface area contributed by atoms with Crippen molar-refractivity contribution >= 4 is 16.9 Å². The number of ether oxygens (including phenoxy) is 2. The van der Waals surface area contributed by atoms with Crippen molar-refractivity contribution in [3.05, 3.63) is 40.2 Å². The summed E-state index contributed by atoms with van der Waals surface area (Å²) in [6.45, 7) is 12.1. The summed E-state index contributed by atoms with van der Waals surface area (Å²) in [6.07, 6.45) is 0. The molecule has 7 nitrogen and oxygen atoms in total. The number of hydrogen-bond donors (Lipinski definition) is 0. The van der Waals surface area contributed by atoms with E-state index in [1.54, 1.807) is 12.1 Å². The van der Waals surface area contributed by atoms with E-state index in [0.29, 0.717) is 17.6 Å². The smallest absolute Gasteiger partial charge is 0.336 e. The van der Waals surface area contributed by atoms with Gasteiger partial charge in [0.15, 0.2) is 16.9 Å². The Balaban J connectivity index is 1.98. The molecule has 1 aromatic heterocycles. The number of hydrogen-bond acceptors (Lipinski definition) is 7. The third kappa shape index (κ3) is 2.27. The molecule has 2 fully saturated rings. The Morgan fingerprint density at radius 3 is 2.43 bits per heavy atom. The second kappa shape index (κ2) is 5.65. The molecule has 0 N–H and O–H groups in total. The highest BCUT2D eigenvalue weighted by Crippen LogP contribution is 2.69. The predicted molar refractivity (Wildman–Crippen MR) is 99.6 cm³/mol. The maximum atomic E-state index is 11.7. The van der Waals surface area contributed by atoms with E-state index in [0.717, 1.165) is 0 Å². The molecule has 2 unspecified atom stereocenters. The number of fused-ring (bicyclic) bond motifs is 2. The molecule has 0 amide bonds. The fraction of sp³-hybridized carbons (Fsp3) is 0.524. The Morgan fingerprint density at radius 2 is 1.86 bits per heavy atom. The first-order chi connectivity index (χ1) is 12.9. The van der Waals surface area contributed by atoms with Crippen molar-refractivity contribution in [2.75, 3.05) is 6.61 Å². The summed E-state index contributed by atoms with van der Waals surface area (Å²) >= 11 is 0. The van der Waals surface area contributed by atoms with E-state index in [4.69, 9.17) is 23.7 Å². The highest BCUT2D eigenvalue weighted by Gasteiger charge is 2.81. The van der Waals surface area contributed by atoms with Gasteiger partial charge in [0.05, 0.1) is 6.61 Å². The van der Waals surface area contributed by atoms with Crippen molar-refractivity contribution in [1.29, 1.82) is 0 Å². The van der Waals surface area contributed by atoms with E-state index in [9.17, 15) is 9.59 Å². The van der Waals surface area contributed by atoms with Crippen LogP contribution in [0.5, 0.6) is 5.75 Å². The van der Waals surface area contributed by atoms with Gasteiger partial charge in [0.1, 0.15) is 0 Å². The molecule has 1 aromatic carbocycles. The molecule has 2 saturated heterocycles. The molecule has 2 aliphatic heterocycles. The molecule has 0 bridgehead atoms. The van der Waals surface area contributed by atoms with Gasteiger partial charge in [-0.05, 0) is 18.2 Å². The number of esters is 1. The summed E-state index contributed by atoms with van der Waals surface area (Å²) < 4.78 is 16.8. The van der Waals surface area contributed by atoms with Gasteiger partial charge in [-0.3, -0.25) is 4.79 Å². The Hall–Kier alpha value is -2.22. The van der Waals surface area contributed by atoms with E-state index >= 15 is 0 Å². The second-order valence-electron chi connectivity index (χ2n) is 9.13. The SMILES string of the molecule is CC(=O)Oc1cc(C23OCC(C)(C)C2(C(C)(C)C)OO3)cc2ccc(=O)oc12. The van der Waals surface area contributed by atoms with Crippen LogP contribution in [-0.2, 0) is 25.1 Å². The number of benzene rings is 1. The molecular weight excluding hydrogens is 364 g/mol. The van der Waals surface area contributed by atoms with Crippen LogP contribution in [0.4, 0.5) is 0 Å².